The predicted molar refractivity (Wildman–Crippen MR) is 103 cm³/mol. The number of nitrogens with one attached hydrogen (secondary N) is 1. The number of rotatable bonds is 8. The Morgan fingerprint density at radius 2 is 2.00 bits per heavy atom. The van der Waals surface area contributed by atoms with E-state index in [1.165, 1.54) is 0 Å². The van der Waals surface area contributed by atoms with Crippen molar-refractivity contribution in [3.05, 3.63) is 53.4 Å². The van der Waals surface area contributed by atoms with Gasteiger partial charge >= 0.3 is 0 Å². The molecule has 1 amide bonds. The summed E-state index contributed by atoms with van der Waals surface area (Å²) in [5.41, 5.74) is 2.59. The fourth-order valence-electron chi connectivity index (χ4n) is 2.51. The van der Waals surface area contributed by atoms with Crippen molar-refractivity contribution in [2.24, 2.45) is 0 Å². The van der Waals surface area contributed by atoms with Crippen LogP contribution in [0.1, 0.15) is 25.0 Å². The van der Waals surface area contributed by atoms with E-state index in [-0.39, 0.29) is 5.57 Å². The SMILES string of the molecule is CCN(CC)CCn1cc(NC(=O)/C(C#N)=C\c2ccc(C)cc2)cn1. The summed E-state index contributed by atoms with van der Waals surface area (Å²) < 4.78 is 1.80. The number of aryl methyl sites for hydroxylation is 1. The first-order valence-corrected chi connectivity index (χ1v) is 8.80. The zero-order valence-electron chi connectivity index (χ0n) is 15.6. The van der Waals surface area contributed by atoms with Gasteiger partial charge in [0.1, 0.15) is 11.6 Å². The number of nitriles is 1. The van der Waals surface area contributed by atoms with Gasteiger partial charge in [-0.25, -0.2) is 0 Å². The van der Waals surface area contributed by atoms with Crippen LogP contribution in [0.2, 0.25) is 0 Å². The van der Waals surface area contributed by atoms with Gasteiger partial charge in [0.15, 0.2) is 0 Å². The van der Waals surface area contributed by atoms with Gasteiger partial charge in [-0.3, -0.25) is 9.48 Å². The van der Waals surface area contributed by atoms with Crippen molar-refractivity contribution < 1.29 is 4.79 Å². The fourth-order valence-corrected chi connectivity index (χ4v) is 2.51. The van der Waals surface area contributed by atoms with Gasteiger partial charge in [0.25, 0.3) is 5.91 Å². The second kappa shape index (κ2) is 9.54. The summed E-state index contributed by atoms with van der Waals surface area (Å²) >= 11 is 0. The molecule has 0 radical (unpaired) electrons. The summed E-state index contributed by atoms with van der Waals surface area (Å²) in [6.07, 6.45) is 4.96. The van der Waals surface area contributed by atoms with Crippen LogP contribution in [-0.4, -0.2) is 40.2 Å². The number of hydrogen-bond donors (Lipinski definition) is 1. The highest BCUT2D eigenvalue weighted by atomic mass is 16.1. The highest BCUT2D eigenvalue weighted by Gasteiger charge is 2.11. The Morgan fingerprint density at radius 3 is 2.62 bits per heavy atom. The van der Waals surface area contributed by atoms with Gasteiger partial charge in [0.05, 0.1) is 18.4 Å². The molecule has 1 aromatic heterocycles. The van der Waals surface area contributed by atoms with E-state index in [2.05, 4.69) is 29.2 Å². The fraction of sp³-hybridized carbons (Fsp3) is 0.350. The maximum atomic E-state index is 12.3. The van der Waals surface area contributed by atoms with Crippen molar-refractivity contribution in [1.29, 1.82) is 5.26 Å². The van der Waals surface area contributed by atoms with Crippen LogP contribution in [0.5, 0.6) is 0 Å². The molecular weight excluding hydrogens is 326 g/mol. The number of hydrogen-bond acceptors (Lipinski definition) is 4. The van der Waals surface area contributed by atoms with Crippen molar-refractivity contribution in [2.75, 3.05) is 25.0 Å². The first-order chi connectivity index (χ1) is 12.5. The predicted octanol–water partition coefficient (Wildman–Crippen LogP) is 3.08. The first-order valence-electron chi connectivity index (χ1n) is 8.80. The van der Waals surface area contributed by atoms with Crippen LogP contribution < -0.4 is 5.32 Å². The lowest BCUT2D eigenvalue weighted by Gasteiger charge is -2.17. The molecule has 0 saturated carbocycles. The van der Waals surface area contributed by atoms with E-state index in [9.17, 15) is 10.1 Å². The Bertz CT molecular complexity index is 794. The van der Waals surface area contributed by atoms with Gasteiger partial charge in [-0.05, 0) is 31.7 Å². The molecular formula is C20H25N5O. The zero-order chi connectivity index (χ0) is 18.9. The molecule has 0 bridgehead atoms. The van der Waals surface area contributed by atoms with Gasteiger partial charge in [0, 0.05) is 12.7 Å². The monoisotopic (exact) mass is 351 g/mol. The molecule has 0 aliphatic carbocycles. The maximum absolute atomic E-state index is 12.3. The third kappa shape index (κ3) is 5.57. The quantitative estimate of drug-likeness (QED) is 0.586. The number of carbonyl (C=O) groups excluding carboxylic acids is 1. The van der Waals surface area contributed by atoms with Gasteiger partial charge in [-0.15, -0.1) is 0 Å². The second-order valence-electron chi connectivity index (χ2n) is 6.05. The molecule has 6 heteroatoms. The number of benzene rings is 1. The van der Waals surface area contributed by atoms with E-state index in [1.807, 2.05) is 37.3 Å². The van der Waals surface area contributed by atoms with Gasteiger partial charge in [-0.1, -0.05) is 43.7 Å². The summed E-state index contributed by atoms with van der Waals surface area (Å²) in [6.45, 7) is 9.89. The molecule has 2 rings (SSSR count). The summed E-state index contributed by atoms with van der Waals surface area (Å²) in [6, 6.07) is 9.61. The Kier molecular flexibility index (Phi) is 7.12. The van der Waals surface area contributed by atoms with Crippen molar-refractivity contribution in [3.63, 3.8) is 0 Å². The van der Waals surface area contributed by atoms with E-state index < -0.39 is 5.91 Å². The van der Waals surface area contributed by atoms with Crippen LogP contribution in [0.4, 0.5) is 5.69 Å². The third-order valence-corrected chi connectivity index (χ3v) is 4.18. The molecule has 1 heterocycles. The summed E-state index contributed by atoms with van der Waals surface area (Å²) in [7, 11) is 0. The molecule has 0 atom stereocenters. The number of anilines is 1. The summed E-state index contributed by atoms with van der Waals surface area (Å²) in [5.74, 6) is -0.434. The summed E-state index contributed by atoms with van der Waals surface area (Å²) in [4.78, 5) is 14.6. The zero-order valence-corrected chi connectivity index (χ0v) is 15.6. The average molecular weight is 351 g/mol. The Balaban J connectivity index is 2.00. The van der Waals surface area contributed by atoms with Crippen LogP contribution in [0.25, 0.3) is 6.08 Å². The molecule has 0 aliphatic heterocycles. The third-order valence-electron chi connectivity index (χ3n) is 4.18. The molecule has 26 heavy (non-hydrogen) atoms. The van der Waals surface area contributed by atoms with E-state index >= 15 is 0 Å². The highest BCUT2D eigenvalue weighted by Crippen LogP contribution is 2.11. The second-order valence-corrected chi connectivity index (χ2v) is 6.05. The van der Waals surface area contributed by atoms with E-state index in [4.69, 9.17) is 0 Å². The molecule has 0 aliphatic rings. The van der Waals surface area contributed by atoms with Crippen molar-refractivity contribution in [1.82, 2.24) is 14.7 Å². The van der Waals surface area contributed by atoms with E-state index in [0.717, 1.165) is 37.3 Å². The number of carbonyl (C=O) groups is 1. The number of likely N-dealkylation sites (N-methyl/N-ethyl adjacent to an activating group) is 1. The molecule has 0 saturated heterocycles. The molecule has 0 unspecified atom stereocenters. The largest absolute Gasteiger partial charge is 0.319 e. The number of nitrogens with zero attached hydrogens (tertiary/aromatic N) is 4. The lowest BCUT2D eigenvalue weighted by Crippen LogP contribution is -2.27. The molecule has 6 nitrogen and oxygen atoms in total. The minimum atomic E-state index is -0.434. The average Bonchev–Trinajstić information content (AvgIpc) is 3.09. The van der Waals surface area contributed by atoms with E-state index in [1.54, 1.807) is 23.2 Å². The maximum Gasteiger partial charge on any atom is 0.266 e. The topological polar surface area (TPSA) is 73.9 Å². The molecule has 0 fully saturated rings. The normalized spacial score (nSPS) is 11.4. The Morgan fingerprint density at radius 1 is 1.31 bits per heavy atom. The van der Waals surface area contributed by atoms with Crippen LogP contribution in [0.15, 0.2) is 42.2 Å². The Labute approximate surface area is 154 Å². The highest BCUT2D eigenvalue weighted by molar-refractivity contribution is 6.09. The molecule has 136 valence electrons. The van der Waals surface area contributed by atoms with Gasteiger partial charge in [-0.2, -0.15) is 10.4 Å². The van der Waals surface area contributed by atoms with Crippen molar-refractivity contribution in [2.45, 2.75) is 27.3 Å². The lowest BCUT2D eigenvalue weighted by atomic mass is 10.1. The minimum Gasteiger partial charge on any atom is -0.319 e. The lowest BCUT2D eigenvalue weighted by molar-refractivity contribution is -0.112. The number of aromatic nitrogens is 2. The minimum absolute atomic E-state index is 0.0599. The van der Waals surface area contributed by atoms with Crippen molar-refractivity contribution >= 4 is 17.7 Å². The summed E-state index contributed by atoms with van der Waals surface area (Å²) in [5, 5.41) is 16.3. The molecule has 0 spiro atoms. The molecule has 2 aromatic rings. The Hall–Kier alpha value is -2.91. The van der Waals surface area contributed by atoms with Crippen molar-refractivity contribution in [3.8, 4) is 6.07 Å². The van der Waals surface area contributed by atoms with Crippen LogP contribution in [-0.2, 0) is 11.3 Å². The van der Waals surface area contributed by atoms with Gasteiger partial charge in [0.2, 0.25) is 0 Å². The molecule has 1 aromatic carbocycles. The molecule has 1 N–H and O–H groups in total. The van der Waals surface area contributed by atoms with Gasteiger partial charge < -0.3 is 10.2 Å². The van der Waals surface area contributed by atoms with Crippen LogP contribution in [0.3, 0.4) is 0 Å². The first kappa shape index (κ1) is 19.4. The van der Waals surface area contributed by atoms with E-state index in [0.29, 0.717) is 5.69 Å². The van der Waals surface area contributed by atoms with Crippen LogP contribution in [0, 0.1) is 18.3 Å². The smallest absolute Gasteiger partial charge is 0.266 e. The standard InChI is InChI=1S/C20H25N5O/c1-4-24(5-2)10-11-25-15-19(14-22-25)23-20(26)18(13-21)12-17-8-6-16(3)7-9-17/h6-9,12,14-15H,4-5,10-11H2,1-3H3,(H,23,26)/b18-12-. The van der Waals surface area contributed by atoms with Crippen LogP contribution >= 0.6 is 0 Å². The number of amides is 1.